The van der Waals surface area contributed by atoms with Gasteiger partial charge in [0.15, 0.2) is 0 Å². The second kappa shape index (κ2) is 4.67. The maximum atomic E-state index is 13.4. The van der Waals surface area contributed by atoms with E-state index in [0.717, 1.165) is 0 Å². The fraction of sp³-hybridized carbons (Fsp3) is 0.0833. The van der Waals surface area contributed by atoms with Crippen LogP contribution >= 0.6 is 0 Å². The lowest BCUT2D eigenvalue weighted by molar-refractivity contribution is 0.624. The molecule has 3 N–H and O–H groups in total. The van der Waals surface area contributed by atoms with Crippen molar-refractivity contribution in [2.24, 2.45) is 0 Å². The van der Waals surface area contributed by atoms with E-state index in [1.807, 2.05) is 0 Å². The molecule has 0 saturated carbocycles. The van der Waals surface area contributed by atoms with Crippen LogP contribution in [-0.4, -0.2) is 9.97 Å². The first-order chi connectivity index (χ1) is 8.60. The number of halogens is 1. The van der Waals surface area contributed by atoms with Gasteiger partial charge in [-0.05, 0) is 19.1 Å². The van der Waals surface area contributed by atoms with Crippen LogP contribution in [-0.2, 0) is 0 Å². The van der Waals surface area contributed by atoms with E-state index in [-0.39, 0.29) is 11.5 Å². The Hall–Kier alpha value is -2.68. The molecule has 5 nitrogen and oxygen atoms in total. The van der Waals surface area contributed by atoms with Gasteiger partial charge in [0.05, 0.1) is 5.69 Å². The number of rotatable bonds is 2. The third-order valence-electron chi connectivity index (χ3n) is 2.26. The number of aromatic nitrogens is 2. The van der Waals surface area contributed by atoms with Crippen molar-refractivity contribution in [2.75, 3.05) is 11.1 Å². The average Bonchev–Trinajstić information content (AvgIpc) is 2.27. The normalized spacial score (nSPS) is 9.83. The molecule has 0 unspecified atom stereocenters. The molecule has 1 aromatic carbocycles. The van der Waals surface area contributed by atoms with Gasteiger partial charge in [-0.15, -0.1) is 0 Å². The first-order valence-electron chi connectivity index (χ1n) is 5.17. The van der Waals surface area contributed by atoms with Crippen molar-refractivity contribution in [3.63, 3.8) is 0 Å². The lowest BCUT2D eigenvalue weighted by Gasteiger charge is -2.08. The summed E-state index contributed by atoms with van der Waals surface area (Å²) in [6.07, 6.45) is 0. The Morgan fingerprint density at radius 3 is 2.83 bits per heavy atom. The summed E-state index contributed by atoms with van der Waals surface area (Å²) in [5.41, 5.74) is 6.47. The summed E-state index contributed by atoms with van der Waals surface area (Å²) in [6.45, 7) is 1.76. The molecule has 90 valence electrons. The standard InChI is InChI=1S/C12H10FN5/c1-7-5-11(18-12(15)16-7)17-10-4-2-3-9(13)8(10)6-14/h2-5H,1H3,(H3,15,16,17,18). The number of hydrogen-bond acceptors (Lipinski definition) is 5. The molecule has 0 saturated heterocycles. The molecule has 2 rings (SSSR count). The zero-order valence-electron chi connectivity index (χ0n) is 9.61. The molecular formula is C12H10FN5. The molecule has 1 heterocycles. The molecule has 0 aliphatic carbocycles. The number of nitrogen functional groups attached to an aromatic ring is 1. The molecule has 0 aliphatic heterocycles. The second-order valence-electron chi connectivity index (χ2n) is 3.65. The van der Waals surface area contributed by atoms with E-state index in [4.69, 9.17) is 11.0 Å². The maximum absolute atomic E-state index is 13.4. The minimum absolute atomic E-state index is 0.0627. The van der Waals surface area contributed by atoms with Crippen molar-refractivity contribution in [3.8, 4) is 6.07 Å². The highest BCUT2D eigenvalue weighted by atomic mass is 19.1. The van der Waals surface area contributed by atoms with Crippen LogP contribution in [0.3, 0.4) is 0 Å². The minimum atomic E-state index is -0.582. The summed E-state index contributed by atoms with van der Waals surface area (Å²) in [6, 6.07) is 7.78. The van der Waals surface area contributed by atoms with Crippen LogP contribution in [0.5, 0.6) is 0 Å². The zero-order valence-corrected chi connectivity index (χ0v) is 9.61. The van der Waals surface area contributed by atoms with Crippen molar-refractivity contribution in [1.82, 2.24) is 9.97 Å². The number of hydrogen-bond donors (Lipinski definition) is 2. The molecule has 6 heteroatoms. The summed E-state index contributed by atoms with van der Waals surface area (Å²) in [5.74, 6) is -0.0456. The van der Waals surface area contributed by atoms with Gasteiger partial charge in [0.1, 0.15) is 23.3 Å². The highest BCUT2D eigenvalue weighted by Gasteiger charge is 2.08. The van der Waals surface area contributed by atoms with E-state index in [0.29, 0.717) is 17.2 Å². The molecule has 0 radical (unpaired) electrons. The summed E-state index contributed by atoms with van der Waals surface area (Å²) >= 11 is 0. The Balaban J connectivity index is 2.40. The van der Waals surface area contributed by atoms with Gasteiger partial charge in [-0.25, -0.2) is 9.37 Å². The molecule has 0 atom stereocenters. The third-order valence-corrected chi connectivity index (χ3v) is 2.26. The Labute approximate surface area is 103 Å². The van der Waals surface area contributed by atoms with Gasteiger partial charge >= 0.3 is 0 Å². The first kappa shape index (κ1) is 11.8. The number of nitriles is 1. The van der Waals surface area contributed by atoms with E-state index in [2.05, 4.69) is 15.3 Å². The summed E-state index contributed by atoms with van der Waals surface area (Å²) in [4.78, 5) is 7.88. The predicted octanol–water partition coefficient (Wildman–Crippen LogP) is 2.12. The minimum Gasteiger partial charge on any atom is -0.368 e. The van der Waals surface area contributed by atoms with Crippen molar-refractivity contribution in [1.29, 1.82) is 5.26 Å². The van der Waals surface area contributed by atoms with Crippen LogP contribution in [0, 0.1) is 24.1 Å². The van der Waals surface area contributed by atoms with Gasteiger partial charge in [-0.2, -0.15) is 10.2 Å². The molecule has 0 amide bonds. The zero-order chi connectivity index (χ0) is 13.1. The van der Waals surface area contributed by atoms with Gasteiger partial charge < -0.3 is 11.1 Å². The van der Waals surface area contributed by atoms with Crippen LogP contribution in [0.2, 0.25) is 0 Å². The summed E-state index contributed by atoms with van der Waals surface area (Å²) in [7, 11) is 0. The quantitative estimate of drug-likeness (QED) is 0.843. The lowest BCUT2D eigenvalue weighted by atomic mass is 10.2. The van der Waals surface area contributed by atoms with Gasteiger partial charge in [0, 0.05) is 11.8 Å². The number of nitrogens with two attached hydrogens (primary N) is 1. The number of benzene rings is 1. The van der Waals surface area contributed by atoms with E-state index in [1.165, 1.54) is 12.1 Å². The van der Waals surface area contributed by atoms with E-state index >= 15 is 0 Å². The van der Waals surface area contributed by atoms with E-state index in [1.54, 1.807) is 25.1 Å². The Morgan fingerprint density at radius 2 is 2.17 bits per heavy atom. The van der Waals surface area contributed by atoms with Crippen molar-refractivity contribution < 1.29 is 4.39 Å². The average molecular weight is 243 g/mol. The van der Waals surface area contributed by atoms with Crippen LogP contribution in [0.4, 0.5) is 21.8 Å². The Morgan fingerprint density at radius 1 is 1.39 bits per heavy atom. The largest absolute Gasteiger partial charge is 0.368 e. The van der Waals surface area contributed by atoms with Gasteiger partial charge in [0.2, 0.25) is 5.95 Å². The van der Waals surface area contributed by atoms with Gasteiger partial charge in [-0.1, -0.05) is 6.07 Å². The molecule has 0 aliphatic rings. The molecule has 2 aromatic rings. The molecule has 0 spiro atoms. The van der Waals surface area contributed by atoms with Crippen LogP contribution in [0.1, 0.15) is 11.3 Å². The van der Waals surface area contributed by atoms with Gasteiger partial charge in [-0.3, -0.25) is 0 Å². The Bertz CT molecular complexity index is 613. The monoisotopic (exact) mass is 243 g/mol. The fourth-order valence-electron chi connectivity index (χ4n) is 1.54. The van der Waals surface area contributed by atoms with Crippen LogP contribution in [0.25, 0.3) is 0 Å². The number of nitrogens with one attached hydrogen (secondary N) is 1. The molecule has 18 heavy (non-hydrogen) atoms. The van der Waals surface area contributed by atoms with Crippen molar-refractivity contribution in [2.45, 2.75) is 6.92 Å². The smallest absolute Gasteiger partial charge is 0.222 e. The maximum Gasteiger partial charge on any atom is 0.222 e. The number of nitrogens with zero attached hydrogens (tertiary/aromatic N) is 3. The van der Waals surface area contributed by atoms with Crippen molar-refractivity contribution >= 4 is 17.5 Å². The molecule has 0 fully saturated rings. The lowest BCUT2D eigenvalue weighted by Crippen LogP contribution is -2.02. The molecule has 0 bridgehead atoms. The first-order valence-corrected chi connectivity index (χ1v) is 5.17. The van der Waals surface area contributed by atoms with E-state index in [9.17, 15) is 4.39 Å². The summed E-state index contributed by atoms with van der Waals surface area (Å²) in [5, 5.41) is 11.8. The topological polar surface area (TPSA) is 87.6 Å². The molecule has 1 aromatic heterocycles. The summed E-state index contributed by atoms with van der Waals surface area (Å²) < 4.78 is 13.4. The van der Waals surface area contributed by atoms with Crippen molar-refractivity contribution in [3.05, 3.63) is 41.3 Å². The van der Waals surface area contributed by atoms with Gasteiger partial charge in [0.25, 0.3) is 0 Å². The SMILES string of the molecule is Cc1cc(Nc2cccc(F)c2C#N)nc(N)n1. The van der Waals surface area contributed by atoms with Crippen LogP contribution in [0.15, 0.2) is 24.3 Å². The fourth-order valence-corrected chi connectivity index (χ4v) is 1.54. The number of anilines is 3. The highest BCUT2D eigenvalue weighted by molar-refractivity contribution is 5.65. The Kier molecular flexibility index (Phi) is 3.06. The molecular weight excluding hydrogens is 233 g/mol. The highest BCUT2D eigenvalue weighted by Crippen LogP contribution is 2.22. The predicted molar refractivity (Wildman–Crippen MR) is 65.6 cm³/mol. The van der Waals surface area contributed by atoms with Crippen LogP contribution < -0.4 is 11.1 Å². The second-order valence-corrected chi connectivity index (χ2v) is 3.65. The van der Waals surface area contributed by atoms with E-state index < -0.39 is 5.82 Å². The third kappa shape index (κ3) is 2.35. The number of aryl methyl sites for hydroxylation is 1.